The molecule has 0 aliphatic carbocycles. The summed E-state index contributed by atoms with van der Waals surface area (Å²) in [6, 6.07) is 10.7. The van der Waals surface area contributed by atoms with Gasteiger partial charge in [-0.15, -0.1) is 0 Å². The fourth-order valence-electron chi connectivity index (χ4n) is 1.84. The van der Waals surface area contributed by atoms with Crippen LogP contribution in [0.25, 0.3) is 0 Å². The Morgan fingerprint density at radius 1 is 1.30 bits per heavy atom. The quantitative estimate of drug-likeness (QED) is 0.902. The molecule has 0 spiro atoms. The highest BCUT2D eigenvalue weighted by Gasteiger charge is 2.16. The van der Waals surface area contributed by atoms with Crippen LogP contribution in [0, 0.1) is 5.82 Å². The number of nitrogens with one attached hydrogen (secondary N) is 1. The normalized spacial score (nSPS) is 10.3. The van der Waals surface area contributed by atoms with E-state index in [0.29, 0.717) is 12.3 Å². The standard InChI is InChI=1S/C15H14FNO3/c1-20-9-10-4-2-5-11(8-10)17-15(19)14-12(16)6-3-7-13(14)18/h2-8,18H,9H2,1H3,(H,17,19). The number of hydrogen-bond acceptors (Lipinski definition) is 3. The van der Waals surface area contributed by atoms with Crippen molar-refractivity contribution < 1.29 is 19.0 Å². The van der Waals surface area contributed by atoms with Gasteiger partial charge in [-0.05, 0) is 29.8 Å². The molecule has 20 heavy (non-hydrogen) atoms. The van der Waals surface area contributed by atoms with E-state index in [-0.39, 0.29) is 5.56 Å². The molecule has 1 amide bonds. The van der Waals surface area contributed by atoms with Gasteiger partial charge < -0.3 is 15.2 Å². The van der Waals surface area contributed by atoms with Crippen molar-refractivity contribution in [1.82, 2.24) is 0 Å². The summed E-state index contributed by atoms with van der Waals surface area (Å²) in [6.45, 7) is 0.411. The zero-order chi connectivity index (χ0) is 14.5. The van der Waals surface area contributed by atoms with E-state index in [1.165, 1.54) is 12.1 Å². The molecule has 0 atom stereocenters. The molecule has 0 fully saturated rings. The Morgan fingerprint density at radius 3 is 2.75 bits per heavy atom. The minimum atomic E-state index is -0.768. The third-order valence-electron chi connectivity index (χ3n) is 2.71. The van der Waals surface area contributed by atoms with Gasteiger partial charge in [-0.25, -0.2) is 4.39 Å². The minimum Gasteiger partial charge on any atom is -0.507 e. The lowest BCUT2D eigenvalue weighted by atomic mass is 10.1. The fourth-order valence-corrected chi connectivity index (χ4v) is 1.84. The molecule has 0 aromatic heterocycles. The van der Waals surface area contributed by atoms with Gasteiger partial charge in [-0.3, -0.25) is 4.79 Å². The molecule has 0 saturated heterocycles. The van der Waals surface area contributed by atoms with E-state index in [9.17, 15) is 14.3 Å². The van der Waals surface area contributed by atoms with E-state index in [2.05, 4.69) is 5.32 Å². The average molecular weight is 275 g/mol. The second-order valence-electron chi connectivity index (χ2n) is 4.22. The zero-order valence-electron chi connectivity index (χ0n) is 10.9. The van der Waals surface area contributed by atoms with E-state index in [0.717, 1.165) is 11.6 Å². The molecule has 2 rings (SSSR count). The monoisotopic (exact) mass is 275 g/mol. The van der Waals surface area contributed by atoms with Gasteiger partial charge >= 0.3 is 0 Å². The lowest BCUT2D eigenvalue weighted by Crippen LogP contribution is -2.14. The number of carbonyl (C=O) groups is 1. The molecule has 0 unspecified atom stereocenters. The minimum absolute atomic E-state index is 0.371. The van der Waals surface area contributed by atoms with Gasteiger partial charge in [0.15, 0.2) is 0 Å². The topological polar surface area (TPSA) is 58.6 Å². The van der Waals surface area contributed by atoms with Crippen molar-refractivity contribution in [1.29, 1.82) is 0 Å². The molecule has 104 valence electrons. The molecule has 0 aliphatic heterocycles. The molecule has 0 heterocycles. The number of benzene rings is 2. The Labute approximate surface area is 115 Å². The second kappa shape index (κ2) is 6.16. The lowest BCUT2D eigenvalue weighted by molar-refractivity contribution is 0.102. The van der Waals surface area contributed by atoms with E-state index in [1.807, 2.05) is 6.07 Å². The maximum absolute atomic E-state index is 13.6. The molecule has 2 N–H and O–H groups in total. The molecule has 0 radical (unpaired) electrons. The second-order valence-corrected chi connectivity index (χ2v) is 4.22. The van der Waals surface area contributed by atoms with Crippen molar-refractivity contribution in [3.8, 4) is 5.75 Å². The van der Waals surface area contributed by atoms with Crippen molar-refractivity contribution in [3.05, 3.63) is 59.4 Å². The van der Waals surface area contributed by atoms with E-state index >= 15 is 0 Å². The van der Waals surface area contributed by atoms with Crippen LogP contribution in [0.15, 0.2) is 42.5 Å². The van der Waals surface area contributed by atoms with Crippen molar-refractivity contribution in [2.75, 3.05) is 12.4 Å². The first-order chi connectivity index (χ1) is 9.61. The fraction of sp³-hybridized carbons (Fsp3) is 0.133. The van der Waals surface area contributed by atoms with Crippen molar-refractivity contribution in [3.63, 3.8) is 0 Å². The molecular formula is C15H14FNO3. The number of aromatic hydroxyl groups is 1. The highest BCUT2D eigenvalue weighted by Crippen LogP contribution is 2.21. The van der Waals surface area contributed by atoms with E-state index in [4.69, 9.17) is 4.74 Å². The highest BCUT2D eigenvalue weighted by molar-refractivity contribution is 6.06. The number of phenols is 1. The Morgan fingerprint density at radius 2 is 2.05 bits per heavy atom. The number of phenolic OH excluding ortho intramolecular Hbond substituents is 1. The number of ether oxygens (including phenoxy) is 1. The summed E-state index contributed by atoms with van der Waals surface area (Å²) in [5.74, 6) is -1.86. The van der Waals surface area contributed by atoms with Crippen LogP contribution in [0.5, 0.6) is 5.75 Å². The molecular weight excluding hydrogens is 261 g/mol. The van der Waals surface area contributed by atoms with Crippen LogP contribution in [-0.2, 0) is 11.3 Å². The summed E-state index contributed by atoms with van der Waals surface area (Å²) in [5.41, 5.74) is 1.01. The third kappa shape index (κ3) is 3.13. The van der Waals surface area contributed by atoms with E-state index < -0.39 is 17.5 Å². The number of anilines is 1. The molecule has 5 heteroatoms. The predicted molar refractivity (Wildman–Crippen MR) is 73.2 cm³/mol. The third-order valence-corrected chi connectivity index (χ3v) is 2.71. The number of rotatable bonds is 4. The molecule has 4 nitrogen and oxygen atoms in total. The van der Waals surface area contributed by atoms with Gasteiger partial charge in [0.2, 0.25) is 0 Å². The van der Waals surface area contributed by atoms with E-state index in [1.54, 1.807) is 25.3 Å². The molecule has 0 saturated carbocycles. The number of halogens is 1. The summed E-state index contributed by atoms with van der Waals surface area (Å²) in [7, 11) is 1.57. The van der Waals surface area contributed by atoms with Gasteiger partial charge in [-0.1, -0.05) is 18.2 Å². The average Bonchev–Trinajstić information content (AvgIpc) is 2.39. The van der Waals surface area contributed by atoms with Crippen LogP contribution in [0.4, 0.5) is 10.1 Å². The number of methoxy groups -OCH3 is 1. The Kier molecular flexibility index (Phi) is 4.32. The SMILES string of the molecule is COCc1cccc(NC(=O)c2c(O)cccc2F)c1. The van der Waals surface area contributed by atoms with Crippen molar-refractivity contribution >= 4 is 11.6 Å². The van der Waals surface area contributed by atoms with Crippen molar-refractivity contribution in [2.45, 2.75) is 6.61 Å². The predicted octanol–water partition coefficient (Wildman–Crippen LogP) is 2.93. The number of carbonyl (C=O) groups excluding carboxylic acids is 1. The van der Waals surface area contributed by atoms with Gasteiger partial charge in [0.25, 0.3) is 5.91 Å². The lowest BCUT2D eigenvalue weighted by Gasteiger charge is -2.09. The molecule has 2 aromatic rings. The Hall–Kier alpha value is -2.40. The van der Waals surface area contributed by atoms with Gasteiger partial charge in [-0.2, -0.15) is 0 Å². The first kappa shape index (κ1) is 14.0. The summed E-state index contributed by atoms with van der Waals surface area (Å²) in [5, 5.41) is 12.1. The highest BCUT2D eigenvalue weighted by atomic mass is 19.1. The van der Waals surface area contributed by atoms with Crippen LogP contribution in [-0.4, -0.2) is 18.1 Å². The molecule has 0 aliphatic rings. The first-order valence-electron chi connectivity index (χ1n) is 5.98. The zero-order valence-corrected chi connectivity index (χ0v) is 10.9. The van der Waals surface area contributed by atoms with Crippen LogP contribution in [0.3, 0.4) is 0 Å². The Bertz CT molecular complexity index is 608. The Balaban J connectivity index is 2.21. The summed E-state index contributed by atoms with van der Waals surface area (Å²) >= 11 is 0. The maximum Gasteiger partial charge on any atom is 0.262 e. The maximum atomic E-state index is 13.6. The summed E-state index contributed by atoms with van der Waals surface area (Å²) in [6.07, 6.45) is 0. The van der Waals surface area contributed by atoms with Crippen LogP contribution < -0.4 is 5.32 Å². The van der Waals surface area contributed by atoms with Crippen LogP contribution in [0.1, 0.15) is 15.9 Å². The smallest absolute Gasteiger partial charge is 0.262 e. The largest absolute Gasteiger partial charge is 0.507 e. The number of hydrogen-bond donors (Lipinski definition) is 2. The first-order valence-corrected chi connectivity index (χ1v) is 5.98. The van der Waals surface area contributed by atoms with Gasteiger partial charge in [0.1, 0.15) is 17.1 Å². The van der Waals surface area contributed by atoms with Crippen LogP contribution >= 0.6 is 0 Å². The number of amides is 1. The van der Waals surface area contributed by atoms with Crippen LogP contribution in [0.2, 0.25) is 0 Å². The van der Waals surface area contributed by atoms with Gasteiger partial charge in [0, 0.05) is 12.8 Å². The van der Waals surface area contributed by atoms with Crippen molar-refractivity contribution in [2.24, 2.45) is 0 Å². The van der Waals surface area contributed by atoms with Gasteiger partial charge in [0.05, 0.1) is 6.61 Å². The summed E-state index contributed by atoms with van der Waals surface area (Å²) < 4.78 is 18.6. The molecule has 0 bridgehead atoms. The summed E-state index contributed by atoms with van der Waals surface area (Å²) in [4.78, 5) is 12.0. The molecule has 2 aromatic carbocycles.